The van der Waals surface area contributed by atoms with Crippen molar-refractivity contribution in [3.05, 3.63) is 46.4 Å². The topological polar surface area (TPSA) is 85.7 Å². The van der Waals surface area contributed by atoms with Crippen LogP contribution in [-0.4, -0.2) is 31.6 Å². The molecule has 0 aliphatic heterocycles. The second kappa shape index (κ2) is 7.41. The van der Waals surface area contributed by atoms with Crippen LogP contribution in [0, 0.1) is 0 Å². The lowest BCUT2D eigenvalue weighted by atomic mass is 10.2. The maximum Gasteiger partial charge on any atom is 0.421 e. The van der Waals surface area contributed by atoms with Crippen molar-refractivity contribution in [2.75, 3.05) is 12.4 Å². The first-order valence-electron chi connectivity index (χ1n) is 8.00. The summed E-state index contributed by atoms with van der Waals surface area (Å²) in [5.41, 5.74) is 0.967. The number of fused-ring (bicyclic) bond motifs is 1. The molecule has 1 N–H and O–H groups in total. The highest BCUT2D eigenvalue weighted by atomic mass is 35.5. The Kier molecular flexibility index (Phi) is 4.92. The van der Waals surface area contributed by atoms with E-state index in [1.54, 1.807) is 18.2 Å². The van der Waals surface area contributed by atoms with Crippen LogP contribution in [0.25, 0.3) is 22.4 Å². The van der Waals surface area contributed by atoms with Crippen molar-refractivity contribution < 1.29 is 17.9 Å². The molecule has 0 amide bonds. The van der Waals surface area contributed by atoms with E-state index >= 15 is 0 Å². The van der Waals surface area contributed by atoms with Gasteiger partial charge in [0.25, 0.3) is 0 Å². The van der Waals surface area contributed by atoms with Crippen LogP contribution in [-0.2, 0) is 6.18 Å². The number of aromatic nitrogens is 5. The molecule has 4 rings (SSSR count). The van der Waals surface area contributed by atoms with Gasteiger partial charge in [-0.05, 0) is 30.3 Å². The van der Waals surface area contributed by atoms with Crippen LogP contribution in [0.1, 0.15) is 5.56 Å². The van der Waals surface area contributed by atoms with Gasteiger partial charge in [-0.3, -0.25) is 0 Å². The van der Waals surface area contributed by atoms with Gasteiger partial charge in [-0.1, -0.05) is 16.1 Å². The Morgan fingerprint density at radius 3 is 2.62 bits per heavy atom. The lowest BCUT2D eigenvalue weighted by molar-refractivity contribution is -0.139. The lowest BCUT2D eigenvalue weighted by Gasteiger charge is -2.13. The zero-order valence-corrected chi connectivity index (χ0v) is 16.1. The zero-order valence-electron chi connectivity index (χ0n) is 14.5. The smallest absolute Gasteiger partial charge is 0.421 e. The molecule has 0 aromatic carbocycles. The van der Waals surface area contributed by atoms with E-state index in [-0.39, 0.29) is 5.82 Å². The lowest BCUT2D eigenvalue weighted by Crippen LogP contribution is -2.09. The standard InChI is InChI=1S/C17H10ClF3N6OS/c1-28-16-9(17(19,20)21)3-5-12(25-16)23-10-6-7-22-15-8(10)2-4-11(24-15)13-14(18)29-27-26-13/h2-7H,1H3,(H,22,23,24,25). The average Bonchev–Trinajstić information content (AvgIpc) is 3.12. The number of alkyl halides is 3. The third kappa shape index (κ3) is 3.78. The van der Waals surface area contributed by atoms with Gasteiger partial charge in [0.2, 0.25) is 5.88 Å². The molecule has 0 aliphatic carbocycles. The molecule has 0 saturated carbocycles. The Bertz CT molecular complexity index is 1200. The number of pyridine rings is 3. The summed E-state index contributed by atoms with van der Waals surface area (Å²) in [5.74, 6) is -0.342. The van der Waals surface area contributed by atoms with Gasteiger partial charge in [-0.2, -0.15) is 18.2 Å². The molecule has 148 valence electrons. The van der Waals surface area contributed by atoms with Crippen molar-refractivity contribution >= 4 is 45.7 Å². The second-order valence-electron chi connectivity index (χ2n) is 5.70. The van der Waals surface area contributed by atoms with Gasteiger partial charge in [0.15, 0.2) is 5.65 Å². The largest absolute Gasteiger partial charge is 0.481 e. The molecule has 0 atom stereocenters. The number of halogens is 4. The molecule has 0 fully saturated rings. The molecule has 29 heavy (non-hydrogen) atoms. The SMILES string of the molecule is COc1nc(Nc2ccnc3nc(-c4nnsc4Cl)ccc23)ccc1C(F)(F)F. The first-order valence-corrected chi connectivity index (χ1v) is 9.15. The van der Waals surface area contributed by atoms with Crippen molar-refractivity contribution in [3.63, 3.8) is 0 Å². The summed E-state index contributed by atoms with van der Waals surface area (Å²) in [4.78, 5) is 12.6. The number of hydrogen-bond acceptors (Lipinski definition) is 8. The van der Waals surface area contributed by atoms with Gasteiger partial charge in [-0.25, -0.2) is 9.97 Å². The third-order valence-electron chi connectivity index (χ3n) is 3.92. The maximum atomic E-state index is 13.0. The van der Waals surface area contributed by atoms with Crippen LogP contribution in [0.15, 0.2) is 36.5 Å². The number of ether oxygens (including phenoxy) is 1. The van der Waals surface area contributed by atoms with Gasteiger partial charge in [0, 0.05) is 23.1 Å². The Hall–Kier alpha value is -3.05. The van der Waals surface area contributed by atoms with Crippen molar-refractivity contribution in [1.82, 2.24) is 24.5 Å². The van der Waals surface area contributed by atoms with E-state index < -0.39 is 17.6 Å². The zero-order chi connectivity index (χ0) is 20.6. The van der Waals surface area contributed by atoms with Crippen LogP contribution in [0.4, 0.5) is 24.7 Å². The van der Waals surface area contributed by atoms with Crippen molar-refractivity contribution in [1.29, 1.82) is 0 Å². The Morgan fingerprint density at radius 1 is 1.10 bits per heavy atom. The Labute approximate surface area is 170 Å². The quantitative estimate of drug-likeness (QED) is 0.481. The summed E-state index contributed by atoms with van der Waals surface area (Å²) < 4.78 is 48.0. The van der Waals surface area contributed by atoms with Gasteiger partial charge in [0.05, 0.1) is 18.5 Å². The number of nitrogens with zero attached hydrogens (tertiary/aromatic N) is 5. The fourth-order valence-corrected chi connectivity index (χ4v) is 3.27. The number of rotatable bonds is 4. The molecule has 12 heteroatoms. The summed E-state index contributed by atoms with van der Waals surface area (Å²) >= 11 is 7.11. The van der Waals surface area contributed by atoms with E-state index in [1.807, 2.05) is 0 Å². The molecule has 4 aromatic rings. The molecular weight excluding hydrogens is 429 g/mol. The van der Waals surface area contributed by atoms with E-state index in [9.17, 15) is 13.2 Å². The summed E-state index contributed by atoms with van der Waals surface area (Å²) in [5, 5.41) is 7.56. The highest BCUT2D eigenvalue weighted by Gasteiger charge is 2.35. The summed E-state index contributed by atoms with van der Waals surface area (Å²) in [6.45, 7) is 0. The van der Waals surface area contributed by atoms with Gasteiger partial charge in [-0.15, -0.1) is 5.10 Å². The Morgan fingerprint density at radius 2 is 1.93 bits per heavy atom. The molecule has 0 bridgehead atoms. The number of methoxy groups -OCH3 is 1. The summed E-state index contributed by atoms with van der Waals surface area (Å²) in [6.07, 6.45) is -3.05. The summed E-state index contributed by atoms with van der Waals surface area (Å²) in [7, 11) is 1.13. The van der Waals surface area contributed by atoms with E-state index in [1.165, 1.54) is 12.3 Å². The van der Waals surface area contributed by atoms with Gasteiger partial charge >= 0.3 is 6.18 Å². The first-order chi connectivity index (χ1) is 13.9. The van der Waals surface area contributed by atoms with E-state index in [0.717, 1.165) is 24.7 Å². The van der Waals surface area contributed by atoms with E-state index in [4.69, 9.17) is 16.3 Å². The normalized spacial score (nSPS) is 11.6. The van der Waals surface area contributed by atoms with Crippen molar-refractivity contribution in [2.24, 2.45) is 0 Å². The average molecular weight is 439 g/mol. The molecule has 0 aliphatic rings. The fourth-order valence-electron chi connectivity index (χ4n) is 2.62. The molecule has 0 saturated heterocycles. The number of hydrogen-bond donors (Lipinski definition) is 1. The van der Waals surface area contributed by atoms with Crippen LogP contribution < -0.4 is 10.1 Å². The maximum absolute atomic E-state index is 13.0. The highest BCUT2D eigenvalue weighted by molar-refractivity contribution is 7.10. The van der Waals surface area contributed by atoms with E-state index in [2.05, 4.69) is 29.9 Å². The molecule has 4 heterocycles. The van der Waals surface area contributed by atoms with Gasteiger partial charge in [0.1, 0.15) is 21.4 Å². The van der Waals surface area contributed by atoms with Crippen LogP contribution in [0.3, 0.4) is 0 Å². The van der Waals surface area contributed by atoms with Crippen molar-refractivity contribution in [3.8, 4) is 17.3 Å². The second-order valence-corrected chi connectivity index (χ2v) is 7.05. The molecule has 0 radical (unpaired) electrons. The predicted molar refractivity (Wildman–Crippen MR) is 103 cm³/mol. The molecular formula is C17H10ClF3N6OS. The van der Waals surface area contributed by atoms with E-state index in [0.29, 0.717) is 32.4 Å². The summed E-state index contributed by atoms with van der Waals surface area (Å²) in [6, 6.07) is 7.25. The van der Waals surface area contributed by atoms with Gasteiger partial charge < -0.3 is 10.1 Å². The van der Waals surface area contributed by atoms with Crippen LogP contribution in [0.2, 0.25) is 4.34 Å². The monoisotopic (exact) mass is 438 g/mol. The van der Waals surface area contributed by atoms with Crippen molar-refractivity contribution in [2.45, 2.75) is 6.18 Å². The number of anilines is 2. The molecule has 0 spiro atoms. The molecule has 4 aromatic heterocycles. The minimum atomic E-state index is -4.56. The minimum Gasteiger partial charge on any atom is -0.481 e. The fraction of sp³-hybridized carbons (Fsp3) is 0.118. The minimum absolute atomic E-state index is 0.179. The van der Waals surface area contributed by atoms with Crippen LogP contribution in [0.5, 0.6) is 5.88 Å². The molecule has 7 nitrogen and oxygen atoms in total. The predicted octanol–water partition coefficient (Wildman–Crippen LogP) is 4.97. The molecule has 0 unspecified atom stereocenters. The first kappa shape index (κ1) is 19.3. The van der Waals surface area contributed by atoms with Crippen LogP contribution >= 0.6 is 23.1 Å². The third-order valence-corrected chi connectivity index (χ3v) is 4.82. The highest BCUT2D eigenvalue weighted by Crippen LogP contribution is 2.36. The Balaban J connectivity index is 1.71. The number of nitrogens with one attached hydrogen (secondary N) is 1.